The highest BCUT2D eigenvalue weighted by Gasteiger charge is 2.35. The van der Waals surface area contributed by atoms with E-state index in [1.165, 1.54) is 24.3 Å². The molecule has 1 aromatic rings. The Balaban J connectivity index is 2.95. The number of hydrogen-bond acceptors (Lipinski definition) is 2. The van der Waals surface area contributed by atoms with E-state index in [1.807, 2.05) is 0 Å². The lowest BCUT2D eigenvalue weighted by atomic mass is 10.0. The molecule has 0 aromatic heterocycles. The Labute approximate surface area is 125 Å². The van der Waals surface area contributed by atoms with Crippen molar-refractivity contribution in [2.45, 2.75) is 13.1 Å². The first kappa shape index (κ1) is 17.5. The minimum atomic E-state index is -4.66. The van der Waals surface area contributed by atoms with Crippen molar-refractivity contribution in [1.82, 2.24) is 5.32 Å². The van der Waals surface area contributed by atoms with Crippen molar-refractivity contribution < 1.29 is 23.1 Å². The molecule has 0 aliphatic rings. The molecule has 21 heavy (non-hydrogen) atoms. The Morgan fingerprint density at radius 1 is 1.38 bits per heavy atom. The van der Waals surface area contributed by atoms with Gasteiger partial charge in [-0.1, -0.05) is 30.7 Å². The van der Waals surface area contributed by atoms with Crippen LogP contribution in [0.4, 0.5) is 13.2 Å². The van der Waals surface area contributed by atoms with Crippen LogP contribution in [0.25, 0.3) is 5.57 Å². The Morgan fingerprint density at radius 2 is 1.95 bits per heavy atom. The summed E-state index contributed by atoms with van der Waals surface area (Å²) in [4.78, 5) is 11.6. The number of nitrogens with one attached hydrogen (secondary N) is 1. The molecule has 0 aliphatic heterocycles. The maximum Gasteiger partial charge on any atom is 0.417 e. The lowest BCUT2D eigenvalue weighted by Gasteiger charge is -2.13. The molecule has 116 valence electrons. The van der Waals surface area contributed by atoms with Crippen LogP contribution in [0.15, 0.2) is 30.3 Å². The topological polar surface area (TPSA) is 49.3 Å². The number of amides is 1. The van der Waals surface area contributed by atoms with Crippen molar-refractivity contribution in [1.29, 1.82) is 0 Å². The van der Waals surface area contributed by atoms with E-state index in [9.17, 15) is 18.0 Å². The van der Waals surface area contributed by atoms with E-state index in [-0.39, 0.29) is 24.6 Å². The normalized spacial score (nSPS) is 13.9. The second-order valence-corrected chi connectivity index (χ2v) is 5.03. The van der Waals surface area contributed by atoms with Crippen molar-refractivity contribution in [3.63, 3.8) is 0 Å². The Morgan fingerprint density at radius 3 is 2.43 bits per heavy atom. The third-order valence-electron chi connectivity index (χ3n) is 2.67. The van der Waals surface area contributed by atoms with Gasteiger partial charge >= 0.3 is 6.18 Å². The molecule has 0 bridgehead atoms. The van der Waals surface area contributed by atoms with Gasteiger partial charge in [-0.25, -0.2) is 0 Å². The molecule has 1 unspecified atom stereocenters. The third kappa shape index (κ3) is 5.77. The van der Waals surface area contributed by atoms with Gasteiger partial charge in [0, 0.05) is 24.3 Å². The molecule has 0 saturated carbocycles. The van der Waals surface area contributed by atoms with E-state index in [1.54, 1.807) is 6.92 Å². The lowest BCUT2D eigenvalue weighted by molar-refractivity contribution is -0.117. The van der Waals surface area contributed by atoms with Crippen LogP contribution < -0.4 is 5.32 Å². The summed E-state index contributed by atoms with van der Waals surface area (Å²) in [6.45, 7) is 1.60. The molecule has 7 heteroatoms. The molecule has 1 rings (SSSR count). The van der Waals surface area contributed by atoms with Crippen LogP contribution in [0.5, 0.6) is 0 Å². The van der Waals surface area contributed by atoms with Crippen molar-refractivity contribution in [3.05, 3.63) is 40.9 Å². The van der Waals surface area contributed by atoms with Gasteiger partial charge in [0.25, 0.3) is 0 Å². The quantitative estimate of drug-likeness (QED) is 0.819. The number of aliphatic hydroxyl groups excluding tert-OH is 1. The minimum Gasteiger partial charge on any atom is -0.396 e. The van der Waals surface area contributed by atoms with Crippen LogP contribution in [0.1, 0.15) is 12.5 Å². The average molecular weight is 322 g/mol. The first-order valence-corrected chi connectivity index (χ1v) is 6.55. The highest BCUT2D eigenvalue weighted by molar-refractivity contribution is 6.30. The SMILES string of the molecule is CC(CO)CNC(=O)/C=C(/c1ccc(Cl)cc1)C(F)(F)F. The number of carbonyl (C=O) groups is 1. The highest BCUT2D eigenvalue weighted by atomic mass is 35.5. The Kier molecular flexibility index (Phi) is 6.23. The molecule has 1 amide bonds. The van der Waals surface area contributed by atoms with Crippen LogP contribution in [0.3, 0.4) is 0 Å². The number of halogens is 4. The Hall–Kier alpha value is -1.53. The molecule has 0 fully saturated rings. The molecule has 0 aliphatic carbocycles. The molecule has 3 nitrogen and oxygen atoms in total. The molecule has 0 radical (unpaired) electrons. The fourth-order valence-corrected chi connectivity index (χ4v) is 1.61. The molecule has 0 heterocycles. The second-order valence-electron chi connectivity index (χ2n) is 4.60. The molecule has 1 aromatic carbocycles. The third-order valence-corrected chi connectivity index (χ3v) is 2.92. The van der Waals surface area contributed by atoms with Gasteiger partial charge in [0.05, 0.1) is 5.57 Å². The van der Waals surface area contributed by atoms with Gasteiger partial charge in [0.1, 0.15) is 0 Å². The summed E-state index contributed by atoms with van der Waals surface area (Å²) < 4.78 is 39.0. The zero-order valence-electron chi connectivity index (χ0n) is 11.2. The van der Waals surface area contributed by atoms with Crippen LogP contribution >= 0.6 is 11.6 Å². The van der Waals surface area contributed by atoms with E-state index < -0.39 is 17.7 Å². The van der Waals surface area contributed by atoms with E-state index in [4.69, 9.17) is 16.7 Å². The summed E-state index contributed by atoms with van der Waals surface area (Å²) in [6.07, 6.45) is -4.15. The molecule has 0 saturated heterocycles. The lowest BCUT2D eigenvalue weighted by Crippen LogP contribution is -2.29. The molecule has 0 spiro atoms. The monoisotopic (exact) mass is 321 g/mol. The summed E-state index contributed by atoms with van der Waals surface area (Å²) in [5.41, 5.74) is -1.19. The van der Waals surface area contributed by atoms with Crippen LogP contribution in [-0.4, -0.2) is 30.3 Å². The van der Waals surface area contributed by atoms with Gasteiger partial charge in [-0.3, -0.25) is 4.79 Å². The number of aliphatic hydroxyl groups is 1. The first-order chi connectivity index (χ1) is 9.74. The van der Waals surface area contributed by atoms with Crippen LogP contribution in [0, 0.1) is 5.92 Å². The molecular formula is C14H15ClF3NO2. The minimum absolute atomic E-state index is 0.0948. The van der Waals surface area contributed by atoms with Crippen molar-refractivity contribution in [2.24, 2.45) is 5.92 Å². The predicted molar refractivity (Wildman–Crippen MR) is 74.7 cm³/mol. The van der Waals surface area contributed by atoms with Crippen molar-refractivity contribution in [2.75, 3.05) is 13.2 Å². The van der Waals surface area contributed by atoms with Gasteiger partial charge in [-0.05, 0) is 23.6 Å². The van der Waals surface area contributed by atoms with Crippen LogP contribution in [-0.2, 0) is 4.79 Å². The highest BCUT2D eigenvalue weighted by Crippen LogP contribution is 2.34. The van der Waals surface area contributed by atoms with Crippen molar-refractivity contribution >= 4 is 23.1 Å². The number of allylic oxidation sites excluding steroid dienone is 1. The first-order valence-electron chi connectivity index (χ1n) is 6.17. The van der Waals surface area contributed by atoms with Crippen molar-refractivity contribution in [3.8, 4) is 0 Å². The standard InChI is InChI=1S/C14H15ClF3NO2/c1-9(8-20)7-19-13(21)6-12(14(16,17)18)10-2-4-11(15)5-3-10/h2-6,9,20H,7-8H2,1H3,(H,19,21)/b12-6-. The second kappa shape index (κ2) is 7.47. The van der Waals surface area contributed by atoms with Gasteiger partial charge in [0.2, 0.25) is 5.91 Å². The molecule has 2 N–H and O–H groups in total. The number of alkyl halides is 3. The molecular weight excluding hydrogens is 307 g/mol. The maximum atomic E-state index is 13.0. The summed E-state index contributed by atoms with van der Waals surface area (Å²) in [5.74, 6) is -1.09. The summed E-state index contributed by atoms with van der Waals surface area (Å²) in [5, 5.41) is 11.4. The maximum absolute atomic E-state index is 13.0. The molecule has 1 atom stereocenters. The Bertz CT molecular complexity index is 512. The zero-order chi connectivity index (χ0) is 16.0. The number of carbonyl (C=O) groups excluding carboxylic acids is 1. The summed E-state index contributed by atoms with van der Waals surface area (Å²) >= 11 is 5.63. The van der Waals surface area contributed by atoms with Crippen LogP contribution in [0.2, 0.25) is 5.02 Å². The summed E-state index contributed by atoms with van der Waals surface area (Å²) in [7, 11) is 0. The fraction of sp³-hybridized carbons (Fsp3) is 0.357. The van der Waals surface area contributed by atoms with Gasteiger partial charge in [-0.15, -0.1) is 0 Å². The number of benzene rings is 1. The summed E-state index contributed by atoms with van der Waals surface area (Å²) in [6, 6.07) is 5.04. The predicted octanol–water partition coefficient (Wildman–Crippen LogP) is 3.03. The van der Waals surface area contributed by atoms with Gasteiger partial charge in [0.15, 0.2) is 0 Å². The fourth-order valence-electron chi connectivity index (χ4n) is 1.48. The van der Waals surface area contributed by atoms with E-state index in [0.717, 1.165) is 0 Å². The van der Waals surface area contributed by atoms with E-state index >= 15 is 0 Å². The average Bonchev–Trinajstić information content (AvgIpc) is 2.42. The van der Waals surface area contributed by atoms with Gasteiger partial charge < -0.3 is 10.4 Å². The zero-order valence-corrected chi connectivity index (χ0v) is 12.0. The largest absolute Gasteiger partial charge is 0.417 e. The number of hydrogen-bond donors (Lipinski definition) is 2. The van der Waals surface area contributed by atoms with E-state index in [0.29, 0.717) is 11.1 Å². The van der Waals surface area contributed by atoms with E-state index in [2.05, 4.69) is 5.32 Å². The van der Waals surface area contributed by atoms with Gasteiger partial charge in [-0.2, -0.15) is 13.2 Å². The number of rotatable bonds is 5. The smallest absolute Gasteiger partial charge is 0.396 e.